The lowest BCUT2D eigenvalue weighted by Crippen LogP contribution is -2.35. The molecule has 134 valence electrons. The van der Waals surface area contributed by atoms with E-state index in [-0.39, 0.29) is 17.9 Å². The fourth-order valence-corrected chi connectivity index (χ4v) is 3.97. The van der Waals surface area contributed by atoms with Gasteiger partial charge in [0.25, 0.3) is 0 Å². The molecule has 1 saturated heterocycles. The molecule has 2 heterocycles. The van der Waals surface area contributed by atoms with Gasteiger partial charge in [-0.1, -0.05) is 19.1 Å². The molecule has 1 aromatic carbocycles. The topological polar surface area (TPSA) is 58.2 Å². The third kappa shape index (κ3) is 3.28. The number of hydrogen-bond acceptors (Lipinski definition) is 3. The molecule has 25 heavy (non-hydrogen) atoms. The number of amides is 1. The summed E-state index contributed by atoms with van der Waals surface area (Å²) in [4.78, 5) is 15.4. The van der Waals surface area contributed by atoms with Crippen LogP contribution in [-0.2, 0) is 4.79 Å². The number of likely N-dealkylation sites (tertiary alicyclic amines) is 1. The van der Waals surface area contributed by atoms with Gasteiger partial charge < -0.3 is 9.64 Å². The maximum absolute atomic E-state index is 13.3. The molecule has 1 aliphatic heterocycles. The van der Waals surface area contributed by atoms with Gasteiger partial charge in [0.2, 0.25) is 5.91 Å². The fraction of sp³-hybridized carbons (Fsp3) is 0.500. The summed E-state index contributed by atoms with van der Waals surface area (Å²) in [6, 6.07) is 8.00. The van der Waals surface area contributed by atoms with E-state index in [9.17, 15) is 4.79 Å². The molecule has 5 nitrogen and oxygen atoms in total. The summed E-state index contributed by atoms with van der Waals surface area (Å²) in [5, 5.41) is 7.38. The Kier molecular flexibility index (Phi) is 5.11. The van der Waals surface area contributed by atoms with Crippen molar-refractivity contribution < 1.29 is 9.53 Å². The van der Waals surface area contributed by atoms with E-state index in [0.29, 0.717) is 0 Å². The number of nitrogens with zero attached hydrogens (tertiary/aromatic N) is 2. The second-order valence-corrected chi connectivity index (χ2v) is 6.77. The van der Waals surface area contributed by atoms with Crippen molar-refractivity contribution in [2.24, 2.45) is 0 Å². The summed E-state index contributed by atoms with van der Waals surface area (Å²) in [5.74, 6) is 0.920. The zero-order valence-electron chi connectivity index (χ0n) is 15.5. The Labute approximate surface area is 149 Å². The van der Waals surface area contributed by atoms with Crippen LogP contribution in [0.25, 0.3) is 0 Å². The number of methoxy groups -OCH3 is 1. The van der Waals surface area contributed by atoms with Gasteiger partial charge in [-0.05, 0) is 50.8 Å². The Morgan fingerprint density at radius 1 is 1.36 bits per heavy atom. The summed E-state index contributed by atoms with van der Waals surface area (Å²) in [5.41, 5.74) is 4.31. The maximum atomic E-state index is 13.3. The Balaban J connectivity index is 1.86. The highest BCUT2D eigenvalue weighted by atomic mass is 16.5. The number of nitrogens with one attached hydrogen (secondary N) is 1. The molecular formula is C20H27N3O2. The number of carbonyl (C=O) groups excluding carboxylic acids is 1. The molecule has 1 aliphatic rings. The van der Waals surface area contributed by atoms with Crippen LogP contribution in [0.15, 0.2) is 24.3 Å². The van der Waals surface area contributed by atoms with E-state index in [1.165, 1.54) is 5.56 Å². The van der Waals surface area contributed by atoms with Crippen LogP contribution >= 0.6 is 0 Å². The van der Waals surface area contributed by atoms with Gasteiger partial charge in [0.1, 0.15) is 5.75 Å². The summed E-state index contributed by atoms with van der Waals surface area (Å²) in [7, 11) is 1.65. The van der Waals surface area contributed by atoms with Crippen molar-refractivity contribution in [1.29, 1.82) is 0 Å². The number of rotatable bonds is 5. The molecule has 3 rings (SSSR count). The van der Waals surface area contributed by atoms with E-state index in [1.54, 1.807) is 7.11 Å². The molecule has 1 amide bonds. The highest BCUT2D eigenvalue weighted by molar-refractivity contribution is 5.84. The molecular weight excluding hydrogens is 314 g/mol. The Morgan fingerprint density at radius 3 is 2.64 bits per heavy atom. The summed E-state index contributed by atoms with van der Waals surface area (Å²) in [6.07, 6.45) is 2.84. The van der Waals surface area contributed by atoms with Crippen molar-refractivity contribution in [3.63, 3.8) is 0 Å². The average molecular weight is 341 g/mol. The molecule has 2 atom stereocenters. The normalized spacial score (nSPS) is 18.4. The molecule has 0 spiro atoms. The van der Waals surface area contributed by atoms with Gasteiger partial charge in [0.15, 0.2) is 0 Å². The summed E-state index contributed by atoms with van der Waals surface area (Å²) >= 11 is 0. The van der Waals surface area contributed by atoms with Gasteiger partial charge in [-0.25, -0.2) is 0 Å². The second kappa shape index (κ2) is 7.30. The molecule has 0 aliphatic carbocycles. The van der Waals surface area contributed by atoms with Gasteiger partial charge in [0, 0.05) is 17.8 Å². The largest absolute Gasteiger partial charge is 0.497 e. The average Bonchev–Trinajstić information content (AvgIpc) is 3.22. The first-order chi connectivity index (χ1) is 12.1. The Hall–Kier alpha value is -2.30. The number of H-pyrrole nitrogens is 1. The first-order valence-electron chi connectivity index (χ1n) is 9.02. The van der Waals surface area contributed by atoms with Gasteiger partial charge in [-0.3, -0.25) is 9.89 Å². The SMILES string of the molecule is CCC(C(=O)N1CCCC1c1c(C)n[nH]c1C)c1ccc(OC)cc1. The number of benzene rings is 1. The van der Waals surface area contributed by atoms with Crippen molar-refractivity contribution in [2.45, 2.75) is 52.0 Å². The predicted molar refractivity (Wildman–Crippen MR) is 97.8 cm³/mol. The zero-order valence-corrected chi connectivity index (χ0v) is 15.5. The van der Waals surface area contributed by atoms with E-state index < -0.39 is 0 Å². The first-order valence-corrected chi connectivity index (χ1v) is 9.02. The van der Waals surface area contributed by atoms with Crippen LogP contribution in [0, 0.1) is 13.8 Å². The van der Waals surface area contributed by atoms with Crippen molar-refractivity contribution in [1.82, 2.24) is 15.1 Å². The maximum Gasteiger partial charge on any atom is 0.230 e. The van der Waals surface area contributed by atoms with Crippen LogP contribution in [0.5, 0.6) is 5.75 Å². The van der Waals surface area contributed by atoms with Crippen LogP contribution in [0.1, 0.15) is 60.7 Å². The Morgan fingerprint density at radius 2 is 2.08 bits per heavy atom. The minimum Gasteiger partial charge on any atom is -0.497 e. The van der Waals surface area contributed by atoms with Crippen LogP contribution in [0.2, 0.25) is 0 Å². The van der Waals surface area contributed by atoms with Crippen LogP contribution in [0.4, 0.5) is 0 Å². The Bertz CT molecular complexity index is 716. The molecule has 0 bridgehead atoms. The third-order valence-electron chi connectivity index (χ3n) is 5.28. The molecule has 0 saturated carbocycles. The first kappa shape index (κ1) is 17.5. The van der Waals surface area contributed by atoms with E-state index in [2.05, 4.69) is 22.0 Å². The van der Waals surface area contributed by atoms with Gasteiger partial charge in [-0.2, -0.15) is 5.10 Å². The van der Waals surface area contributed by atoms with Crippen molar-refractivity contribution in [3.05, 3.63) is 46.8 Å². The lowest BCUT2D eigenvalue weighted by atomic mass is 9.93. The van der Waals surface area contributed by atoms with Gasteiger partial charge in [0.05, 0.1) is 24.8 Å². The monoisotopic (exact) mass is 341 g/mol. The molecule has 2 unspecified atom stereocenters. The zero-order chi connectivity index (χ0) is 18.0. The summed E-state index contributed by atoms with van der Waals surface area (Å²) in [6.45, 7) is 6.95. The number of aromatic amines is 1. The van der Waals surface area contributed by atoms with E-state index >= 15 is 0 Å². The number of carbonyl (C=O) groups is 1. The quantitative estimate of drug-likeness (QED) is 0.897. The molecule has 0 radical (unpaired) electrons. The highest BCUT2D eigenvalue weighted by Crippen LogP contribution is 2.37. The third-order valence-corrected chi connectivity index (χ3v) is 5.28. The number of hydrogen-bond donors (Lipinski definition) is 1. The highest BCUT2D eigenvalue weighted by Gasteiger charge is 2.36. The predicted octanol–water partition coefficient (Wildman–Crippen LogP) is 3.89. The standard InChI is InChI=1S/C20H27N3O2/c1-5-17(15-8-10-16(25-4)11-9-15)20(24)23-12-6-7-18(23)19-13(2)21-22-14(19)3/h8-11,17-18H,5-7,12H2,1-4H3,(H,21,22). The van der Waals surface area contributed by atoms with Crippen molar-refractivity contribution >= 4 is 5.91 Å². The minimum absolute atomic E-state index is 0.112. The van der Waals surface area contributed by atoms with Gasteiger partial charge >= 0.3 is 0 Å². The van der Waals surface area contributed by atoms with E-state index in [0.717, 1.165) is 48.5 Å². The molecule has 2 aromatic rings. The van der Waals surface area contributed by atoms with E-state index in [4.69, 9.17) is 4.74 Å². The van der Waals surface area contributed by atoms with Crippen molar-refractivity contribution in [3.8, 4) is 5.75 Å². The second-order valence-electron chi connectivity index (χ2n) is 6.77. The molecule has 1 aromatic heterocycles. The van der Waals surface area contributed by atoms with Crippen LogP contribution in [-0.4, -0.2) is 34.7 Å². The fourth-order valence-electron chi connectivity index (χ4n) is 3.97. The molecule has 1 N–H and O–H groups in total. The van der Waals surface area contributed by atoms with Crippen LogP contribution in [0.3, 0.4) is 0 Å². The lowest BCUT2D eigenvalue weighted by Gasteiger charge is -2.29. The molecule has 1 fully saturated rings. The van der Waals surface area contributed by atoms with Crippen molar-refractivity contribution in [2.75, 3.05) is 13.7 Å². The molecule has 5 heteroatoms. The smallest absolute Gasteiger partial charge is 0.230 e. The van der Waals surface area contributed by atoms with Crippen LogP contribution < -0.4 is 4.74 Å². The number of aryl methyl sites for hydroxylation is 2. The summed E-state index contributed by atoms with van der Waals surface area (Å²) < 4.78 is 5.23. The minimum atomic E-state index is -0.112. The van der Waals surface area contributed by atoms with E-state index in [1.807, 2.05) is 38.1 Å². The van der Waals surface area contributed by atoms with Gasteiger partial charge in [-0.15, -0.1) is 0 Å². The number of ether oxygens (including phenoxy) is 1. The lowest BCUT2D eigenvalue weighted by molar-refractivity contribution is -0.133. The number of aromatic nitrogens is 2.